The summed E-state index contributed by atoms with van der Waals surface area (Å²) in [5, 5.41) is 8.59. The summed E-state index contributed by atoms with van der Waals surface area (Å²) in [4.78, 5) is 10.7. The van der Waals surface area contributed by atoms with Crippen LogP contribution in [-0.2, 0) is 21.2 Å². The highest BCUT2D eigenvalue weighted by molar-refractivity contribution is 7.89. The first-order valence-corrected chi connectivity index (χ1v) is 8.24. The van der Waals surface area contributed by atoms with E-state index in [1.165, 1.54) is 12.1 Å². The molecule has 5 nitrogen and oxygen atoms in total. The lowest BCUT2D eigenvalue weighted by Crippen LogP contribution is -2.24. The summed E-state index contributed by atoms with van der Waals surface area (Å²) in [6.07, 6.45) is 3.31. The van der Waals surface area contributed by atoms with E-state index in [0.29, 0.717) is 13.0 Å². The third-order valence-corrected chi connectivity index (χ3v) is 4.41. The number of carboxylic acids is 1. The van der Waals surface area contributed by atoms with Gasteiger partial charge in [-0.25, -0.2) is 13.1 Å². The Kier molecular flexibility index (Phi) is 6.67. The molecule has 112 valence electrons. The van der Waals surface area contributed by atoms with Gasteiger partial charge in [0.2, 0.25) is 10.0 Å². The van der Waals surface area contributed by atoms with Crippen LogP contribution < -0.4 is 4.72 Å². The zero-order chi connectivity index (χ0) is 15.0. The number of rotatable bonds is 9. The van der Waals surface area contributed by atoms with Crippen molar-refractivity contribution in [1.82, 2.24) is 4.72 Å². The highest BCUT2D eigenvalue weighted by Gasteiger charge is 2.12. The topological polar surface area (TPSA) is 83.5 Å². The molecule has 0 amide bonds. The lowest BCUT2D eigenvalue weighted by molar-refractivity contribution is -0.136. The van der Waals surface area contributed by atoms with Crippen molar-refractivity contribution in [1.29, 1.82) is 0 Å². The molecule has 0 radical (unpaired) electrons. The summed E-state index contributed by atoms with van der Waals surface area (Å²) in [6, 6.07) is 6.34. The van der Waals surface area contributed by atoms with Gasteiger partial charge in [-0.15, -0.1) is 0 Å². The summed E-state index contributed by atoms with van der Waals surface area (Å²) in [5.74, 6) is -0.862. The number of sulfonamides is 1. The lowest BCUT2D eigenvalue weighted by Gasteiger charge is -2.07. The SMILES string of the molecule is CCCCCNS(=O)(=O)c1ccc(CCC(=O)O)cc1. The molecule has 0 saturated carbocycles. The number of hydrogen-bond acceptors (Lipinski definition) is 3. The molecule has 0 aliphatic carbocycles. The predicted molar refractivity (Wildman–Crippen MR) is 77.1 cm³/mol. The molecule has 1 aromatic rings. The summed E-state index contributed by atoms with van der Waals surface area (Å²) in [5.41, 5.74) is 0.817. The summed E-state index contributed by atoms with van der Waals surface area (Å²) < 4.78 is 26.5. The minimum absolute atomic E-state index is 0.0430. The fourth-order valence-electron chi connectivity index (χ4n) is 1.75. The molecule has 1 rings (SSSR count). The molecule has 0 aliphatic heterocycles. The Balaban J connectivity index is 2.60. The molecule has 0 bridgehead atoms. The van der Waals surface area contributed by atoms with Crippen molar-refractivity contribution >= 4 is 16.0 Å². The van der Waals surface area contributed by atoms with Gasteiger partial charge >= 0.3 is 5.97 Å². The highest BCUT2D eigenvalue weighted by Crippen LogP contribution is 2.12. The van der Waals surface area contributed by atoms with E-state index in [9.17, 15) is 13.2 Å². The number of nitrogens with one attached hydrogen (secondary N) is 1. The maximum Gasteiger partial charge on any atom is 0.303 e. The average Bonchev–Trinajstić information content (AvgIpc) is 2.42. The van der Waals surface area contributed by atoms with Crippen molar-refractivity contribution < 1.29 is 18.3 Å². The van der Waals surface area contributed by atoms with Crippen LogP contribution >= 0.6 is 0 Å². The third-order valence-electron chi connectivity index (χ3n) is 2.93. The van der Waals surface area contributed by atoms with Gasteiger partial charge < -0.3 is 5.11 Å². The minimum atomic E-state index is -3.46. The number of aliphatic carboxylic acids is 1. The molecule has 0 heterocycles. The Bertz CT molecular complexity index is 523. The number of hydrogen-bond donors (Lipinski definition) is 2. The fraction of sp³-hybridized carbons (Fsp3) is 0.500. The van der Waals surface area contributed by atoms with Crippen molar-refractivity contribution in [3.05, 3.63) is 29.8 Å². The smallest absolute Gasteiger partial charge is 0.303 e. The maximum atomic E-state index is 12.0. The first kappa shape index (κ1) is 16.7. The van der Waals surface area contributed by atoms with Gasteiger partial charge in [-0.05, 0) is 30.5 Å². The number of unbranched alkanes of at least 4 members (excludes halogenated alkanes) is 2. The van der Waals surface area contributed by atoms with Crippen molar-refractivity contribution in [3.63, 3.8) is 0 Å². The Labute approximate surface area is 120 Å². The van der Waals surface area contributed by atoms with Crippen molar-refractivity contribution in [2.75, 3.05) is 6.54 Å². The van der Waals surface area contributed by atoms with Crippen molar-refractivity contribution in [2.24, 2.45) is 0 Å². The van der Waals surface area contributed by atoms with Crippen LogP contribution in [0.1, 0.15) is 38.2 Å². The number of benzene rings is 1. The molecule has 2 N–H and O–H groups in total. The summed E-state index contributed by atoms with van der Waals surface area (Å²) in [7, 11) is -3.46. The van der Waals surface area contributed by atoms with Crippen LogP contribution in [0.25, 0.3) is 0 Å². The van der Waals surface area contributed by atoms with Gasteiger partial charge in [0.25, 0.3) is 0 Å². The molecule has 0 unspecified atom stereocenters. The van der Waals surface area contributed by atoms with Crippen LogP contribution in [0.3, 0.4) is 0 Å². The van der Waals surface area contributed by atoms with Crippen molar-refractivity contribution in [3.8, 4) is 0 Å². The van der Waals surface area contributed by atoms with Gasteiger partial charge in [-0.3, -0.25) is 4.79 Å². The second kappa shape index (κ2) is 8.01. The van der Waals surface area contributed by atoms with Crippen LogP contribution in [-0.4, -0.2) is 26.0 Å². The predicted octanol–water partition coefficient (Wildman–Crippen LogP) is 2.17. The van der Waals surface area contributed by atoms with E-state index in [1.54, 1.807) is 12.1 Å². The second-order valence-corrected chi connectivity index (χ2v) is 6.41. The van der Waals surface area contributed by atoms with E-state index < -0.39 is 16.0 Å². The van der Waals surface area contributed by atoms with Gasteiger partial charge in [-0.1, -0.05) is 31.9 Å². The average molecular weight is 299 g/mol. The van der Waals surface area contributed by atoms with Gasteiger partial charge in [0.1, 0.15) is 0 Å². The maximum absolute atomic E-state index is 12.0. The monoisotopic (exact) mass is 299 g/mol. The number of carboxylic acid groups (broad SMARTS) is 1. The van der Waals surface area contributed by atoms with Crippen LogP contribution in [0.15, 0.2) is 29.2 Å². The normalized spacial score (nSPS) is 11.4. The van der Waals surface area contributed by atoms with E-state index >= 15 is 0 Å². The Morgan fingerprint density at radius 3 is 2.40 bits per heavy atom. The molecule has 0 aromatic heterocycles. The van der Waals surface area contributed by atoms with E-state index in [1.807, 2.05) is 0 Å². The second-order valence-electron chi connectivity index (χ2n) is 4.64. The molecular weight excluding hydrogens is 278 g/mol. The largest absolute Gasteiger partial charge is 0.481 e. The molecule has 6 heteroatoms. The minimum Gasteiger partial charge on any atom is -0.481 e. The summed E-state index contributed by atoms with van der Waals surface area (Å²) >= 11 is 0. The quantitative estimate of drug-likeness (QED) is 0.685. The summed E-state index contributed by atoms with van der Waals surface area (Å²) in [6.45, 7) is 2.50. The zero-order valence-electron chi connectivity index (χ0n) is 11.6. The first-order valence-electron chi connectivity index (χ1n) is 6.76. The standard InChI is InChI=1S/C14H21NO4S/c1-2-3-4-11-15-20(18,19)13-8-5-12(6-9-13)7-10-14(16)17/h5-6,8-9,15H,2-4,7,10-11H2,1H3,(H,16,17). The molecular formula is C14H21NO4S. The Morgan fingerprint density at radius 1 is 1.20 bits per heavy atom. The van der Waals surface area contributed by atoms with E-state index in [4.69, 9.17) is 5.11 Å². The fourth-order valence-corrected chi connectivity index (χ4v) is 2.83. The first-order chi connectivity index (χ1) is 9.45. The van der Waals surface area contributed by atoms with Gasteiger partial charge in [0.05, 0.1) is 4.90 Å². The lowest BCUT2D eigenvalue weighted by atomic mass is 10.1. The number of carbonyl (C=O) groups is 1. The van der Waals surface area contributed by atoms with Gasteiger partial charge in [0, 0.05) is 13.0 Å². The van der Waals surface area contributed by atoms with Crippen molar-refractivity contribution in [2.45, 2.75) is 43.9 Å². The molecule has 0 atom stereocenters. The number of aryl methyl sites for hydroxylation is 1. The van der Waals surface area contributed by atoms with Crippen LogP contribution in [0.5, 0.6) is 0 Å². The van der Waals surface area contributed by atoms with Crippen LogP contribution in [0.2, 0.25) is 0 Å². The molecule has 0 fully saturated rings. The van der Waals surface area contributed by atoms with E-state index in [2.05, 4.69) is 11.6 Å². The molecule has 20 heavy (non-hydrogen) atoms. The van der Waals surface area contributed by atoms with Gasteiger partial charge in [-0.2, -0.15) is 0 Å². The van der Waals surface area contributed by atoms with E-state index in [-0.39, 0.29) is 11.3 Å². The zero-order valence-corrected chi connectivity index (χ0v) is 12.4. The van der Waals surface area contributed by atoms with Gasteiger partial charge in [0.15, 0.2) is 0 Å². The van der Waals surface area contributed by atoms with Crippen LogP contribution in [0.4, 0.5) is 0 Å². The van der Waals surface area contributed by atoms with Crippen LogP contribution in [0, 0.1) is 0 Å². The molecule has 0 spiro atoms. The third kappa shape index (κ3) is 5.71. The highest BCUT2D eigenvalue weighted by atomic mass is 32.2. The molecule has 1 aromatic carbocycles. The molecule has 0 aliphatic rings. The Hall–Kier alpha value is -1.40. The Morgan fingerprint density at radius 2 is 1.85 bits per heavy atom. The molecule has 0 saturated heterocycles. The van der Waals surface area contributed by atoms with E-state index in [0.717, 1.165) is 24.8 Å².